The van der Waals surface area contributed by atoms with Gasteiger partial charge in [-0.3, -0.25) is 9.36 Å². The lowest BCUT2D eigenvalue weighted by Gasteiger charge is -2.18. The molecule has 1 unspecified atom stereocenters. The Morgan fingerprint density at radius 3 is 2.46 bits per heavy atom. The molecule has 0 saturated heterocycles. The van der Waals surface area contributed by atoms with Crippen molar-refractivity contribution in [2.24, 2.45) is 0 Å². The molecule has 3 aromatic rings. The van der Waals surface area contributed by atoms with E-state index in [0.29, 0.717) is 19.8 Å². The molecule has 0 fully saturated rings. The molecule has 28 heavy (non-hydrogen) atoms. The second kappa shape index (κ2) is 7.54. The quantitative estimate of drug-likeness (QED) is 0.626. The molecule has 0 bridgehead atoms. The molecule has 0 N–H and O–H groups in total. The molecule has 146 valence electrons. The summed E-state index contributed by atoms with van der Waals surface area (Å²) in [6.07, 6.45) is 0.794. The van der Waals surface area contributed by atoms with Crippen molar-refractivity contribution in [2.45, 2.75) is 33.1 Å². The second-order valence-corrected chi connectivity index (χ2v) is 6.77. The SMILES string of the molecule is CCOC(=O)C(C)c1ccc(-n2c(CC)nc3cc4c(cc32)OCCO4)cc1. The lowest BCUT2D eigenvalue weighted by molar-refractivity contribution is -0.144. The Kier molecular flexibility index (Phi) is 4.94. The molecular formula is C22H24N2O4. The van der Waals surface area contributed by atoms with E-state index < -0.39 is 0 Å². The van der Waals surface area contributed by atoms with E-state index in [0.717, 1.165) is 46.0 Å². The van der Waals surface area contributed by atoms with Crippen molar-refractivity contribution in [3.63, 3.8) is 0 Å². The number of aryl methyl sites for hydroxylation is 1. The Morgan fingerprint density at radius 1 is 1.14 bits per heavy atom. The molecule has 6 heteroatoms. The Morgan fingerprint density at radius 2 is 1.82 bits per heavy atom. The van der Waals surface area contributed by atoms with Crippen LogP contribution in [0.3, 0.4) is 0 Å². The zero-order chi connectivity index (χ0) is 19.7. The minimum absolute atomic E-state index is 0.207. The maximum absolute atomic E-state index is 12.0. The molecule has 1 aliphatic heterocycles. The number of aromatic nitrogens is 2. The Bertz CT molecular complexity index is 1010. The number of carbonyl (C=O) groups is 1. The van der Waals surface area contributed by atoms with Gasteiger partial charge in [0.1, 0.15) is 19.0 Å². The van der Waals surface area contributed by atoms with Crippen LogP contribution in [0.4, 0.5) is 0 Å². The highest BCUT2D eigenvalue weighted by Crippen LogP contribution is 2.36. The zero-order valence-corrected chi connectivity index (χ0v) is 16.4. The first-order chi connectivity index (χ1) is 13.6. The first-order valence-corrected chi connectivity index (χ1v) is 9.70. The predicted octanol–water partition coefficient (Wildman–Crippen LogP) is 4.03. The van der Waals surface area contributed by atoms with E-state index in [1.807, 2.05) is 50.2 Å². The number of esters is 1. The summed E-state index contributed by atoms with van der Waals surface area (Å²) < 4.78 is 18.7. The van der Waals surface area contributed by atoms with Crippen molar-refractivity contribution in [1.29, 1.82) is 0 Å². The van der Waals surface area contributed by atoms with E-state index in [1.54, 1.807) is 0 Å². The van der Waals surface area contributed by atoms with Crippen LogP contribution in [0.2, 0.25) is 0 Å². The van der Waals surface area contributed by atoms with Crippen molar-refractivity contribution in [2.75, 3.05) is 19.8 Å². The predicted molar refractivity (Wildman–Crippen MR) is 106 cm³/mol. The fourth-order valence-corrected chi connectivity index (χ4v) is 3.50. The van der Waals surface area contributed by atoms with Gasteiger partial charge in [-0.2, -0.15) is 0 Å². The summed E-state index contributed by atoms with van der Waals surface area (Å²) in [5.74, 6) is 1.95. The zero-order valence-electron chi connectivity index (χ0n) is 16.4. The molecule has 0 saturated carbocycles. The van der Waals surface area contributed by atoms with Crippen LogP contribution >= 0.6 is 0 Å². The van der Waals surface area contributed by atoms with Gasteiger partial charge < -0.3 is 14.2 Å². The van der Waals surface area contributed by atoms with Gasteiger partial charge >= 0.3 is 5.97 Å². The summed E-state index contributed by atoms with van der Waals surface area (Å²) in [4.78, 5) is 16.8. The number of carbonyl (C=O) groups excluding carboxylic acids is 1. The first kappa shape index (κ1) is 18.3. The normalized spacial score (nSPS) is 14.1. The molecule has 4 rings (SSSR count). The third kappa shape index (κ3) is 3.19. The van der Waals surface area contributed by atoms with Gasteiger partial charge in [0, 0.05) is 24.2 Å². The fraction of sp³-hybridized carbons (Fsp3) is 0.364. The summed E-state index contributed by atoms with van der Waals surface area (Å²) in [5.41, 5.74) is 3.78. The van der Waals surface area contributed by atoms with Crippen molar-refractivity contribution >= 4 is 17.0 Å². The molecule has 1 aliphatic rings. The number of hydrogen-bond acceptors (Lipinski definition) is 5. The number of rotatable bonds is 5. The summed E-state index contributed by atoms with van der Waals surface area (Å²) in [5, 5.41) is 0. The minimum atomic E-state index is -0.295. The number of benzene rings is 2. The van der Waals surface area contributed by atoms with Crippen LogP contribution in [0.25, 0.3) is 16.7 Å². The number of ether oxygens (including phenoxy) is 3. The smallest absolute Gasteiger partial charge is 0.313 e. The van der Waals surface area contributed by atoms with E-state index >= 15 is 0 Å². The average Bonchev–Trinajstić information content (AvgIpc) is 3.09. The summed E-state index contributed by atoms with van der Waals surface area (Å²) in [7, 11) is 0. The monoisotopic (exact) mass is 380 g/mol. The molecule has 0 aliphatic carbocycles. The number of hydrogen-bond donors (Lipinski definition) is 0. The van der Waals surface area contributed by atoms with E-state index in [-0.39, 0.29) is 11.9 Å². The Balaban J connectivity index is 1.75. The fourth-order valence-electron chi connectivity index (χ4n) is 3.50. The van der Waals surface area contributed by atoms with E-state index in [2.05, 4.69) is 11.5 Å². The summed E-state index contributed by atoms with van der Waals surface area (Å²) >= 11 is 0. The Labute approximate surface area is 164 Å². The molecular weight excluding hydrogens is 356 g/mol. The first-order valence-electron chi connectivity index (χ1n) is 9.70. The third-order valence-corrected chi connectivity index (χ3v) is 5.00. The maximum Gasteiger partial charge on any atom is 0.313 e. The van der Waals surface area contributed by atoms with Crippen LogP contribution in [0.5, 0.6) is 11.5 Å². The van der Waals surface area contributed by atoms with Gasteiger partial charge in [-0.15, -0.1) is 0 Å². The highest BCUT2D eigenvalue weighted by molar-refractivity contribution is 5.83. The molecule has 6 nitrogen and oxygen atoms in total. The number of imidazole rings is 1. The van der Waals surface area contributed by atoms with Crippen molar-refractivity contribution in [3.05, 3.63) is 47.8 Å². The highest BCUT2D eigenvalue weighted by Gasteiger charge is 2.20. The highest BCUT2D eigenvalue weighted by atomic mass is 16.6. The van der Waals surface area contributed by atoms with Gasteiger partial charge in [-0.05, 0) is 31.5 Å². The molecule has 0 amide bonds. The number of fused-ring (bicyclic) bond motifs is 2. The van der Waals surface area contributed by atoms with Crippen LogP contribution in [0.1, 0.15) is 38.1 Å². The van der Waals surface area contributed by atoms with Gasteiger partial charge in [0.25, 0.3) is 0 Å². The Hall–Kier alpha value is -3.02. The molecule has 1 aromatic heterocycles. The van der Waals surface area contributed by atoms with Gasteiger partial charge in [-0.25, -0.2) is 4.98 Å². The topological polar surface area (TPSA) is 62.6 Å². The molecule has 0 radical (unpaired) electrons. The van der Waals surface area contributed by atoms with Crippen LogP contribution < -0.4 is 9.47 Å². The molecule has 2 aromatic carbocycles. The molecule has 1 atom stereocenters. The van der Waals surface area contributed by atoms with Crippen LogP contribution in [0.15, 0.2) is 36.4 Å². The van der Waals surface area contributed by atoms with Gasteiger partial charge in [0.2, 0.25) is 0 Å². The van der Waals surface area contributed by atoms with Crippen LogP contribution in [-0.2, 0) is 16.0 Å². The molecule has 2 heterocycles. The van der Waals surface area contributed by atoms with Crippen molar-refractivity contribution in [1.82, 2.24) is 9.55 Å². The molecule has 0 spiro atoms. The van der Waals surface area contributed by atoms with Gasteiger partial charge in [-0.1, -0.05) is 19.1 Å². The third-order valence-electron chi connectivity index (χ3n) is 5.00. The summed E-state index contributed by atoms with van der Waals surface area (Å²) in [6.45, 7) is 7.26. The summed E-state index contributed by atoms with van der Waals surface area (Å²) in [6, 6.07) is 11.9. The van der Waals surface area contributed by atoms with E-state index in [1.165, 1.54) is 0 Å². The second-order valence-electron chi connectivity index (χ2n) is 6.77. The van der Waals surface area contributed by atoms with Crippen LogP contribution in [-0.4, -0.2) is 35.3 Å². The van der Waals surface area contributed by atoms with E-state index in [4.69, 9.17) is 19.2 Å². The minimum Gasteiger partial charge on any atom is -0.486 e. The van der Waals surface area contributed by atoms with E-state index in [9.17, 15) is 4.79 Å². The number of nitrogens with zero attached hydrogens (tertiary/aromatic N) is 2. The van der Waals surface area contributed by atoms with Gasteiger partial charge in [0.15, 0.2) is 11.5 Å². The maximum atomic E-state index is 12.0. The van der Waals surface area contributed by atoms with Crippen molar-refractivity contribution < 1.29 is 19.0 Å². The van der Waals surface area contributed by atoms with Crippen molar-refractivity contribution in [3.8, 4) is 17.2 Å². The largest absolute Gasteiger partial charge is 0.486 e. The van der Waals surface area contributed by atoms with Gasteiger partial charge in [0.05, 0.1) is 23.6 Å². The lowest BCUT2D eigenvalue weighted by Crippen LogP contribution is -2.15. The lowest BCUT2D eigenvalue weighted by atomic mass is 10.0. The van der Waals surface area contributed by atoms with Crippen LogP contribution in [0, 0.1) is 0 Å². The average molecular weight is 380 g/mol. The standard InChI is InChI=1S/C22H24N2O4/c1-4-21-23-17-12-19-20(28-11-10-27-19)13-18(17)24(21)16-8-6-15(7-9-16)14(3)22(25)26-5-2/h6-9,12-14H,4-5,10-11H2,1-3H3.